The van der Waals surface area contributed by atoms with Crippen LogP contribution in [0.1, 0.15) is 12.5 Å². The van der Waals surface area contributed by atoms with E-state index in [1.165, 1.54) is 0 Å². The van der Waals surface area contributed by atoms with E-state index in [1.807, 2.05) is 12.1 Å². The molecule has 0 unspecified atom stereocenters. The molecule has 0 aromatic heterocycles. The van der Waals surface area contributed by atoms with Crippen molar-refractivity contribution >= 4 is 34.8 Å². The summed E-state index contributed by atoms with van der Waals surface area (Å²) < 4.78 is 11.2. The first-order valence-electron chi connectivity index (χ1n) is 8.33. The predicted octanol–water partition coefficient (Wildman–Crippen LogP) is 3.25. The van der Waals surface area contributed by atoms with Crippen LogP contribution in [0.2, 0.25) is 5.02 Å². The standard InChI is InChI=1S/C19H17ClN2O4/c1-10-18(23)22-15-8-14(3-5-17(15)26-10)21-19(24)12-6-11-7-13(20)2-4-16(11)25-9-12/h2-5,7-8,10,12H,6,9H2,1H3,(H,21,24)(H,22,23)/t10-,12-/m1/s1. The summed E-state index contributed by atoms with van der Waals surface area (Å²) in [7, 11) is 0. The summed E-state index contributed by atoms with van der Waals surface area (Å²) in [5.74, 6) is 0.672. The van der Waals surface area contributed by atoms with Gasteiger partial charge < -0.3 is 20.1 Å². The van der Waals surface area contributed by atoms with E-state index in [2.05, 4.69) is 10.6 Å². The summed E-state index contributed by atoms with van der Waals surface area (Å²) in [5, 5.41) is 6.26. The fourth-order valence-electron chi connectivity index (χ4n) is 3.06. The summed E-state index contributed by atoms with van der Waals surface area (Å²) in [5.41, 5.74) is 2.05. The monoisotopic (exact) mass is 372 g/mol. The Hall–Kier alpha value is -2.73. The summed E-state index contributed by atoms with van der Waals surface area (Å²) in [6.45, 7) is 1.99. The summed E-state index contributed by atoms with van der Waals surface area (Å²) in [4.78, 5) is 24.3. The molecule has 2 aliphatic rings. The van der Waals surface area contributed by atoms with Crippen LogP contribution in [0.3, 0.4) is 0 Å². The van der Waals surface area contributed by atoms with Crippen molar-refractivity contribution in [2.75, 3.05) is 17.2 Å². The van der Waals surface area contributed by atoms with Crippen LogP contribution in [0.15, 0.2) is 36.4 Å². The summed E-state index contributed by atoms with van der Waals surface area (Å²) >= 11 is 6.02. The quantitative estimate of drug-likeness (QED) is 0.848. The van der Waals surface area contributed by atoms with E-state index in [-0.39, 0.29) is 17.7 Å². The molecule has 0 saturated carbocycles. The van der Waals surface area contributed by atoms with Gasteiger partial charge in [0.05, 0.1) is 11.6 Å². The molecule has 2 heterocycles. The second kappa shape index (κ2) is 6.53. The van der Waals surface area contributed by atoms with Gasteiger partial charge in [-0.15, -0.1) is 0 Å². The Bertz CT molecular complexity index is 899. The molecule has 2 N–H and O–H groups in total. The number of ether oxygens (including phenoxy) is 2. The normalized spacial score (nSPS) is 20.8. The van der Waals surface area contributed by atoms with E-state index in [0.29, 0.717) is 35.2 Å². The summed E-state index contributed by atoms with van der Waals surface area (Å²) in [6, 6.07) is 10.6. The van der Waals surface area contributed by atoms with Crippen molar-refractivity contribution in [3.8, 4) is 11.5 Å². The number of nitrogens with one attached hydrogen (secondary N) is 2. The van der Waals surface area contributed by atoms with E-state index in [1.54, 1.807) is 31.2 Å². The van der Waals surface area contributed by atoms with Gasteiger partial charge in [0.2, 0.25) is 5.91 Å². The SMILES string of the molecule is C[C@H]1Oc2ccc(NC(=O)[C@H]3COc4ccc(Cl)cc4C3)cc2NC1=O. The highest BCUT2D eigenvalue weighted by molar-refractivity contribution is 6.30. The molecule has 2 atom stereocenters. The molecule has 4 rings (SSSR count). The molecular formula is C19H17ClN2O4. The Balaban J connectivity index is 1.47. The van der Waals surface area contributed by atoms with Crippen molar-refractivity contribution in [3.05, 3.63) is 47.0 Å². The van der Waals surface area contributed by atoms with Crippen molar-refractivity contribution < 1.29 is 19.1 Å². The molecule has 0 bridgehead atoms. The van der Waals surface area contributed by atoms with Crippen molar-refractivity contribution in [1.29, 1.82) is 0 Å². The molecule has 2 amide bonds. The third kappa shape index (κ3) is 3.20. The molecule has 0 saturated heterocycles. The topological polar surface area (TPSA) is 76.7 Å². The highest BCUT2D eigenvalue weighted by atomic mass is 35.5. The van der Waals surface area contributed by atoms with Gasteiger partial charge in [-0.2, -0.15) is 0 Å². The number of hydrogen-bond donors (Lipinski definition) is 2. The molecule has 0 spiro atoms. The lowest BCUT2D eigenvalue weighted by Crippen LogP contribution is -2.34. The van der Waals surface area contributed by atoms with Gasteiger partial charge in [0, 0.05) is 10.7 Å². The minimum Gasteiger partial charge on any atom is -0.492 e. The number of fused-ring (bicyclic) bond motifs is 2. The Morgan fingerprint density at radius 3 is 2.88 bits per heavy atom. The highest BCUT2D eigenvalue weighted by Crippen LogP contribution is 2.33. The fourth-order valence-corrected chi connectivity index (χ4v) is 3.26. The van der Waals surface area contributed by atoms with Crippen LogP contribution in [0.5, 0.6) is 11.5 Å². The van der Waals surface area contributed by atoms with E-state index in [0.717, 1.165) is 11.3 Å². The van der Waals surface area contributed by atoms with Gasteiger partial charge in [0.1, 0.15) is 18.1 Å². The lowest BCUT2D eigenvalue weighted by Gasteiger charge is -2.26. The molecule has 0 fully saturated rings. The number of hydrogen-bond acceptors (Lipinski definition) is 4. The van der Waals surface area contributed by atoms with Gasteiger partial charge in [0.15, 0.2) is 6.10 Å². The van der Waals surface area contributed by atoms with E-state index in [9.17, 15) is 9.59 Å². The lowest BCUT2D eigenvalue weighted by molar-refractivity contribution is -0.123. The minimum atomic E-state index is -0.533. The molecule has 2 aliphatic heterocycles. The Morgan fingerprint density at radius 2 is 2.04 bits per heavy atom. The van der Waals surface area contributed by atoms with Gasteiger partial charge in [-0.05, 0) is 55.3 Å². The first-order valence-corrected chi connectivity index (χ1v) is 8.71. The van der Waals surface area contributed by atoms with Crippen molar-refractivity contribution in [2.24, 2.45) is 5.92 Å². The Labute approximate surface area is 155 Å². The summed E-state index contributed by atoms with van der Waals surface area (Å²) in [6.07, 6.45) is 0.0264. The molecule has 134 valence electrons. The molecule has 0 aliphatic carbocycles. The first kappa shape index (κ1) is 16.7. The van der Waals surface area contributed by atoms with Crippen molar-refractivity contribution in [2.45, 2.75) is 19.4 Å². The van der Waals surface area contributed by atoms with Gasteiger partial charge in [0.25, 0.3) is 5.91 Å². The average molecular weight is 373 g/mol. The van der Waals surface area contributed by atoms with Crippen LogP contribution in [-0.4, -0.2) is 24.5 Å². The van der Waals surface area contributed by atoms with Crippen molar-refractivity contribution in [3.63, 3.8) is 0 Å². The molecule has 26 heavy (non-hydrogen) atoms. The predicted molar refractivity (Wildman–Crippen MR) is 97.9 cm³/mol. The molecule has 2 aromatic carbocycles. The number of rotatable bonds is 2. The van der Waals surface area contributed by atoms with Gasteiger partial charge in [-0.25, -0.2) is 0 Å². The zero-order valence-corrected chi connectivity index (χ0v) is 14.8. The zero-order chi connectivity index (χ0) is 18.3. The average Bonchev–Trinajstić information content (AvgIpc) is 2.62. The fraction of sp³-hybridized carbons (Fsp3) is 0.263. The molecule has 6 nitrogen and oxygen atoms in total. The van der Waals surface area contributed by atoms with Gasteiger partial charge >= 0.3 is 0 Å². The highest BCUT2D eigenvalue weighted by Gasteiger charge is 2.27. The van der Waals surface area contributed by atoms with E-state index in [4.69, 9.17) is 21.1 Å². The van der Waals surface area contributed by atoms with Crippen LogP contribution in [0.25, 0.3) is 0 Å². The molecule has 2 aromatic rings. The first-order chi connectivity index (χ1) is 12.5. The largest absolute Gasteiger partial charge is 0.492 e. The van der Waals surface area contributed by atoms with Gasteiger partial charge in [-0.1, -0.05) is 11.6 Å². The van der Waals surface area contributed by atoms with Crippen LogP contribution in [0.4, 0.5) is 11.4 Å². The van der Waals surface area contributed by atoms with E-state index < -0.39 is 6.10 Å². The van der Waals surface area contributed by atoms with Crippen LogP contribution >= 0.6 is 11.6 Å². The van der Waals surface area contributed by atoms with E-state index >= 15 is 0 Å². The second-order valence-corrected chi connectivity index (χ2v) is 6.85. The number of carbonyl (C=O) groups is 2. The van der Waals surface area contributed by atoms with Crippen LogP contribution in [0, 0.1) is 5.92 Å². The molecule has 7 heteroatoms. The minimum absolute atomic E-state index is 0.146. The maximum atomic E-state index is 12.6. The smallest absolute Gasteiger partial charge is 0.265 e. The van der Waals surface area contributed by atoms with Gasteiger partial charge in [-0.3, -0.25) is 9.59 Å². The van der Waals surface area contributed by atoms with Crippen LogP contribution < -0.4 is 20.1 Å². The maximum Gasteiger partial charge on any atom is 0.265 e. The van der Waals surface area contributed by atoms with Crippen molar-refractivity contribution in [1.82, 2.24) is 0 Å². The molecule has 0 radical (unpaired) electrons. The third-order valence-corrected chi connectivity index (χ3v) is 4.71. The second-order valence-electron chi connectivity index (χ2n) is 6.41. The number of amides is 2. The zero-order valence-electron chi connectivity index (χ0n) is 14.0. The molecular weight excluding hydrogens is 356 g/mol. The Morgan fingerprint density at radius 1 is 1.23 bits per heavy atom. The third-order valence-electron chi connectivity index (χ3n) is 4.48. The lowest BCUT2D eigenvalue weighted by atomic mass is 9.96. The number of benzene rings is 2. The number of anilines is 2. The Kier molecular flexibility index (Phi) is 4.20. The maximum absolute atomic E-state index is 12.6. The number of carbonyl (C=O) groups excluding carboxylic acids is 2. The number of halogens is 1. The van der Waals surface area contributed by atoms with Crippen LogP contribution in [-0.2, 0) is 16.0 Å².